The van der Waals surface area contributed by atoms with Gasteiger partial charge in [-0.05, 0) is 17.9 Å². The summed E-state index contributed by atoms with van der Waals surface area (Å²) in [6.45, 7) is 1.78. The number of hydrogen-bond donors (Lipinski definition) is 2. The first-order chi connectivity index (χ1) is 5.07. The summed E-state index contributed by atoms with van der Waals surface area (Å²) in [7, 11) is 0. The topological polar surface area (TPSA) is 57.5 Å². The lowest BCUT2D eigenvalue weighted by atomic mass is 9.87. The number of carboxylic acid groups (broad SMARTS) is 1. The fourth-order valence-corrected chi connectivity index (χ4v) is 2.44. The molecule has 64 valence electrons. The molecule has 0 bridgehead atoms. The molecule has 0 aromatic rings. The molecule has 3 nitrogen and oxygen atoms in total. The number of thioether (sulfide) groups is 1. The van der Waals surface area contributed by atoms with Crippen molar-refractivity contribution in [3.63, 3.8) is 0 Å². The summed E-state index contributed by atoms with van der Waals surface area (Å²) >= 11 is 1.70. The third-order valence-electron chi connectivity index (χ3n) is 2.18. The van der Waals surface area contributed by atoms with Crippen LogP contribution in [0.3, 0.4) is 0 Å². The van der Waals surface area contributed by atoms with Crippen LogP contribution in [0, 0.1) is 5.92 Å². The minimum Gasteiger partial charge on any atom is -0.479 e. The molecular weight excluding hydrogens is 164 g/mol. The van der Waals surface area contributed by atoms with Crippen molar-refractivity contribution in [1.29, 1.82) is 0 Å². The van der Waals surface area contributed by atoms with E-state index in [1.54, 1.807) is 18.7 Å². The quantitative estimate of drug-likeness (QED) is 0.613. The Morgan fingerprint density at radius 3 is 2.73 bits per heavy atom. The van der Waals surface area contributed by atoms with Gasteiger partial charge in [-0.25, -0.2) is 4.79 Å². The predicted octanol–water partition coefficient (Wildman–Crippen LogP) is 0.575. The number of aliphatic carboxylic acids is 1. The molecule has 2 atom stereocenters. The molecule has 2 N–H and O–H groups in total. The highest BCUT2D eigenvalue weighted by atomic mass is 32.2. The van der Waals surface area contributed by atoms with E-state index in [1.165, 1.54) is 0 Å². The average Bonchev–Trinajstić information content (AvgIpc) is 1.95. The number of carboxylic acids is 1. The third kappa shape index (κ3) is 1.51. The highest BCUT2D eigenvalue weighted by molar-refractivity contribution is 7.99. The molecule has 1 fully saturated rings. The lowest BCUT2D eigenvalue weighted by Gasteiger charge is -2.33. The first-order valence-corrected chi connectivity index (χ1v) is 4.76. The minimum atomic E-state index is -1.47. The first kappa shape index (κ1) is 8.87. The number of aliphatic hydroxyl groups is 1. The van der Waals surface area contributed by atoms with Crippen LogP contribution in [0.2, 0.25) is 0 Å². The maximum atomic E-state index is 10.6. The van der Waals surface area contributed by atoms with Gasteiger partial charge in [0.15, 0.2) is 5.60 Å². The molecule has 1 aliphatic heterocycles. The van der Waals surface area contributed by atoms with Gasteiger partial charge in [-0.15, -0.1) is 0 Å². The first-order valence-electron chi connectivity index (χ1n) is 3.61. The molecule has 0 aromatic heterocycles. The Morgan fingerprint density at radius 2 is 2.36 bits per heavy atom. The van der Waals surface area contributed by atoms with Crippen molar-refractivity contribution in [3.8, 4) is 0 Å². The molecule has 2 unspecified atom stereocenters. The standard InChI is InChI=1S/C7H12O3S/c1-5-4-11-3-2-7(5,10)6(8)9/h5,10H,2-4H2,1H3,(H,8,9). The molecule has 0 amide bonds. The highest BCUT2D eigenvalue weighted by Gasteiger charge is 2.43. The molecule has 1 rings (SSSR count). The van der Waals surface area contributed by atoms with Crippen LogP contribution >= 0.6 is 11.8 Å². The predicted molar refractivity (Wildman–Crippen MR) is 43.7 cm³/mol. The number of carbonyl (C=O) groups is 1. The van der Waals surface area contributed by atoms with Crippen LogP contribution in [0.25, 0.3) is 0 Å². The van der Waals surface area contributed by atoms with Gasteiger partial charge >= 0.3 is 5.97 Å². The van der Waals surface area contributed by atoms with E-state index in [0.29, 0.717) is 6.42 Å². The van der Waals surface area contributed by atoms with E-state index >= 15 is 0 Å². The molecule has 0 saturated carbocycles. The van der Waals surface area contributed by atoms with E-state index in [2.05, 4.69) is 0 Å². The van der Waals surface area contributed by atoms with Crippen LogP contribution in [0.4, 0.5) is 0 Å². The van der Waals surface area contributed by atoms with Gasteiger partial charge in [0, 0.05) is 5.92 Å². The van der Waals surface area contributed by atoms with Crippen molar-refractivity contribution in [1.82, 2.24) is 0 Å². The Bertz CT molecular complexity index is 171. The minimum absolute atomic E-state index is 0.140. The summed E-state index contributed by atoms with van der Waals surface area (Å²) in [6.07, 6.45) is 0.369. The maximum absolute atomic E-state index is 10.6. The lowest BCUT2D eigenvalue weighted by Crippen LogP contribution is -2.48. The Balaban J connectivity index is 2.72. The second-order valence-corrected chi connectivity index (χ2v) is 4.11. The molecule has 11 heavy (non-hydrogen) atoms. The maximum Gasteiger partial charge on any atom is 0.336 e. The smallest absolute Gasteiger partial charge is 0.336 e. The molecule has 1 heterocycles. The van der Waals surface area contributed by atoms with Crippen molar-refractivity contribution in [3.05, 3.63) is 0 Å². The molecule has 1 saturated heterocycles. The fraction of sp³-hybridized carbons (Fsp3) is 0.857. The van der Waals surface area contributed by atoms with Crippen LogP contribution < -0.4 is 0 Å². The zero-order valence-corrected chi connectivity index (χ0v) is 7.23. The summed E-state index contributed by atoms with van der Waals surface area (Å²) in [5, 5.41) is 18.3. The third-order valence-corrected chi connectivity index (χ3v) is 3.41. The Morgan fingerprint density at radius 1 is 1.73 bits per heavy atom. The van der Waals surface area contributed by atoms with E-state index in [-0.39, 0.29) is 5.92 Å². The molecule has 0 radical (unpaired) electrons. The summed E-state index contributed by atoms with van der Waals surface area (Å²) < 4.78 is 0. The van der Waals surface area contributed by atoms with Crippen LogP contribution in [0.15, 0.2) is 0 Å². The zero-order chi connectivity index (χ0) is 8.48. The van der Waals surface area contributed by atoms with E-state index in [1.807, 2.05) is 0 Å². The van der Waals surface area contributed by atoms with Gasteiger partial charge in [0.25, 0.3) is 0 Å². The van der Waals surface area contributed by atoms with Gasteiger partial charge in [-0.3, -0.25) is 0 Å². The molecular formula is C7H12O3S. The van der Waals surface area contributed by atoms with Crippen LogP contribution in [0.1, 0.15) is 13.3 Å². The SMILES string of the molecule is CC1CSCCC1(O)C(=O)O. The number of rotatable bonds is 1. The van der Waals surface area contributed by atoms with Crippen molar-refractivity contribution in [2.24, 2.45) is 5.92 Å². The molecule has 1 aliphatic rings. The van der Waals surface area contributed by atoms with Gasteiger partial charge in [0.05, 0.1) is 0 Å². The van der Waals surface area contributed by atoms with Gasteiger partial charge in [-0.1, -0.05) is 6.92 Å². The molecule has 0 aliphatic carbocycles. The molecule has 0 aromatic carbocycles. The lowest BCUT2D eigenvalue weighted by molar-refractivity contribution is -0.163. The van der Waals surface area contributed by atoms with Gasteiger partial charge in [-0.2, -0.15) is 11.8 Å². The Hall–Kier alpha value is -0.220. The van der Waals surface area contributed by atoms with Crippen LogP contribution in [-0.4, -0.2) is 33.3 Å². The van der Waals surface area contributed by atoms with Gasteiger partial charge < -0.3 is 10.2 Å². The zero-order valence-electron chi connectivity index (χ0n) is 6.41. The molecule has 0 spiro atoms. The Labute approximate surface area is 69.8 Å². The van der Waals surface area contributed by atoms with Gasteiger partial charge in [0.1, 0.15) is 0 Å². The largest absolute Gasteiger partial charge is 0.479 e. The second-order valence-electron chi connectivity index (χ2n) is 2.96. The summed E-state index contributed by atoms with van der Waals surface area (Å²) in [5.74, 6) is 0.264. The average molecular weight is 176 g/mol. The van der Waals surface area contributed by atoms with Crippen molar-refractivity contribution in [2.75, 3.05) is 11.5 Å². The fourth-order valence-electron chi connectivity index (χ4n) is 1.19. The highest BCUT2D eigenvalue weighted by Crippen LogP contribution is 2.32. The van der Waals surface area contributed by atoms with Crippen molar-refractivity contribution in [2.45, 2.75) is 18.9 Å². The van der Waals surface area contributed by atoms with E-state index in [4.69, 9.17) is 5.11 Å². The van der Waals surface area contributed by atoms with Gasteiger partial charge in [0.2, 0.25) is 0 Å². The summed E-state index contributed by atoms with van der Waals surface area (Å²) in [4.78, 5) is 10.6. The second kappa shape index (κ2) is 3.03. The summed E-state index contributed by atoms with van der Waals surface area (Å²) in [5.41, 5.74) is -1.47. The van der Waals surface area contributed by atoms with Crippen molar-refractivity contribution < 1.29 is 15.0 Å². The van der Waals surface area contributed by atoms with E-state index < -0.39 is 11.6 Å². The Kier molecular flexibility index (Phi) is 2.44. The van der Waals surface area contributed by atoms with Crippen molar-refractivity contribution >= 4 is 17.7 Å². The van der Waals surface area contributed by atoms with Crippen LogP contribution in [-0.2, 0) is 4.79 Å². The normalized spacial score (nSPS) is 38.5. The van der Waals surface area contributed by atoms with E-state index in [9.17, 15) is 9.90 Å². The monoisotopic (exact) mass is 176 g/mol. The van der Waals surface area contributed by atoms with E-state index in [0.717, 1.165) is 11.5 Å². The summed E-state index contributed by atoms with van der Waals surface area (Å²) in [6, 6.07) is 0. The number of hydrogen-bond acceptors (Lipinski definition) is 3. The molecule has 4 heteroatoms. The van der Waals surface area contributed by atoms with Crippen LogP contribution in [0.5, 0.6) is 0 Å².